The maximum atomic E-state index is 12.9. The van der Waals surface area contributed by atoms with Crippen LogP contribution in [0.25, 0.3) is 0 Å². The summed E-state index contributed by atoms with van der Waals surface area (Å²) in [5.74, 6) is -1.13. The molecule has 4 heteroatoms. The first-order valence-electron chi connectivity index (χ1n) is 3.59. The third-order valence-electron chi connectivity index (χ3n) is 2.17. The van der Waals surface area contributed by atoms with E-state index in [1.165, 1.54) is 25.2 Å². The van der Waals surface area contributed by atoms with Crippen molar-refractivity contribution < 1.29 is 9.18 Å². The smallest absolute Gasteiger partial charge is 0.229 e. The highest BCUT2D eigenvalue weighted by molar-refractivity contribution is 5.84. The first kappa shape index (κ1) is 8.93. The van der Waals surface area contributed by atoms with Gasteiger partial charge in [-0.25, -0.2) is 4.39 Å². The fraction of sp³-hybridized carbons (Fsp3) is 0.375. The second-order valence-corrected chi connectivity index (χ2v) is 3.04. The molecule has 0 fully saturated rings. The minimum atomic E-state index is -1.10. The van der Waals surface area contributed by atoms with Gasteiger partial charge in [-0.3, -0.25) is 4.79 Å². The van der Waals surface area contributed by atoms with Gasteiger partial charge in [-0.15, -0.1) is 0 Å². The second kappa shape index (κ2) is 2.71. The van der Waals surface area contributed by atoms with E-state index in [2.05, 4.69) is 0 Å². The first-order valence-corrected chi connectivity index (χ1v) is 3.59. The Kier molecular flexibility index (Phi) is 2.02. The normalized spacial score (nSPS) is 34.6. The van der Waals surface area contributed by atoms with Gasteiger partial charge in [0.2, 0.25) is 5.91 Å². The highest BCUT2D eigenvalue weighted by atomic mass is 19.1. The van der Waals surface area contributed by atoms with Crippen LogP contribution in [0.2, 0.25) is 0 Å². The molecule has 0 aromatic carbocycles. The van der Waals surface area contributed by atoms with Crippen LogP contribution in [0.1, 0.15) is 6.92 Å². The van der Waals surface area contributed by atoms with E-state index in [1.54, 1.807) is 0 Å². The van der Waals surface area contributed by atoms with Gasteiger partial charge in [0.15, 0.2) is 0 Å². The molecule has 0 heterocycles. The summed E-state index contributed by atoms with van der Waals surface area (Å²) in [5, 5.41) is 0. The number of rotatable bonds is 1. The van der Waals surface area contributed by atoms with Gasteiger partial charge in [-0.05, 0) is 13.0 Å². The van der Waals surface area contributed by atoms with E-state index < -0.39 is 23.2 Å². The lowest BCUT2D eigenvalue weighted by Gasteiger charge is -2.30. The van der Waals surface area contributed by atoms with Crippen LogP contribution in [0.4, 0.5) is 4.39 Å². The van der Waals surface area contributed by atoms with Crippen molar-refractivity contribution in [2.45, 2.75) is 13.0 Å². The Bertz CT molecular complexity index is 272. The molecule has 0 spiro atoms. The SMILES string of the molecule is CC1(C(N)=O)C=CC=C(F)C1N. The van der Waals surface area contributed by atoms with Crippen LogP contribution in [0.15, 0.2) is 24.1 Å². The Hall–Kier alpha value is -1.16. The van der Waals surface area contributed by atoms with Gasteiger partial charge in [0, 0.05) is 0 Å². The number of allylic oxidation sites excluding steroid dienone is 2. The van der Waals surface area contributed by atoms with E-state index in [1.807, 2.05) is 0 Å². The van der Waals surface area contributed by atoms with Gasteiger partial charge < -0.3 is 11.5 Å². The Morgan fingerprint density at radius 3 is 2.75 bits per heavy atom. The van der Waals surface area contributed by atoms with Crippen LogP contribution >= 0.6 is 0 Å². The van der Waals surface area contributed by atoms with Crippen molar-refractivity contribution in [3.63, 3.8) is 0 Å². The number of amides is 1. The predicted molar refractivity (Wildman–Crippen MR) is 43.6 cm³/mol. The fourth-order valence-electron chi connectivity index (χ4n) is 1.07. The van der Waals surface area contributed by atoms with E-state index in [-0.39, 0.29) is 0 Å². The Morgan fingerprint density at radius 2 is 2.33 bits per heavy atom. The zero-order valence-electron chi connectivity index (χ0n) is 6.75. The van der Waals surface area contributed by atoms with E-state index in [0.717, 1.165) is 0 Å². The molecule has 2 atom stereocenters. The number of carbonyl (C=O) groups excluding carboxylic acids is 1. The van der Waals surface area contributed by atoms with Crippen molar-refractivity contribution in [1.82, 2.24) is 0 Å². The highest BCUT2D eigenvalue weighted by Crippen LogP contribution is 2.30. The van der Waals surface area contributed by atoms with E-state index in [4.69, 9.17) is 11.5 Å². The van der Waals surface area contributed by atoms with Crippen LogP contribution in [-0.4, -0.2) is 11.9 Å². The maximum Gasteiger partial charge on any atom is 0.229 e. The summed E-state index contributed by atoms with van der Waals surface area (Å²) in [6.45, 7) is 1.52. The molecule has 0 saturated heterocycles. The molecule has 2 unspecified atom stereocenters. The van der Waals surface area contributed by atoms with Crippen LogP contribution in [0.5, 0.6) is 0 Å². The summed E-state index contributed by atoms with van der Waals surface area (Å²) < 4.78 is 12.9. The number of primary amides is 1. The number of hydrogen-bond donors (Lipinski definition) is 2. The first-order chi connectivity index (χ1) is 5.48. The number of hydrogen-bond acceptors (Lipinski definition) is 2. The molecule has 66 valence electrons. The molecule has 0 aliphatic heterocycles. The average molecular weight is 170 g/mol. The third kappa shape index (κ3) is 1.14. The van der Waals surface area contributed by atoms with Crippen LogP contribution in [-0.2, 0) is 4.79 Å². The van der Waals surface area contributed by atoms with Gasteiger partial charge >= 0.3 is 0 Å². The lowest BCUT2D eigenvalue weighted by atomic mass is 9.78. The van der Waals surface area contributed by atoms with Crippen LogP contribution < -0.4 is 11.5 Å². The second-order valence-electron chi connectivity index (χ2n) is 3.04. The number of halogens is 1. The Labute approximate surface area is 69.9 Å². The molecule has 12 heavy (non-hydrogen) atoms. The molecule has 0 bridgehead atoms. The minimum absolute atomic E-state index is 0.515. The van der Waals surface area contributed by atoms with Crippen molar-refractivity contribution in [2.75, 3.05) is 0 Å². The van der Waals surface area contributed by atoms with Crippen LogP contribution in [0.3, 0.4) is 0 Å². The minimum Gasteiger partial charge on any atom is -0.369 e. The largest absolute Gasteiger partial charge is 0.369 e. The molecule has 4 N–H and O–H groups in total. The van der Waals surface area contributed by atoms with Crippen molar-refractivity contribution in [1.29, 1.82) is 0 Å². The summed E-state index contributed by atoms with van der Waals surface area (Å²) in [7, 11) is 0. The van der Waals surface area contributed by atoms with Gasteiger partial charge in [0.25, 0.3) is 0 Å². The predicted octanol–water partition coefficient (Wildman–Crippen LogP) is 0.229. The lowest BCUT2D eigenvalue weighted by Crippen LogP contribution is -2.48. The Morgan fingerprint density at radius 1 is 1.75 bits per heavy atom. The van der Waals surface area contributed by atoms with Crippen molar-refractivity contribution in [2.24, 2.45) is 16.9 Å². The fourth-order valence-corrected chi connectivity index (χ4v) is 1.07. The van der Waals surface area contributed by atoms with Crippen molar-refractivity contribution in [3.05, 3.63) is 24.1 Å². The maximum absolute atomic E-state index is 12.9. The monoisotopic (exact) mass is 170 g/mol. The zero-order valence-corrected chi connectivity index (χ0v) is 6.75. The molecular formula is C8H11FN2O. The molecule has 1 amide bonds. The Balaban J connectivity index is 3.03. The van der Waals surface area contributed by atoms with Gasteiger partial charge in [-0.2, -0.15) is 0 Å². The lowest BCUT2D eigenvalue weighted by molar-refractivity contribution is -0.125. The van der Waals surface area contributed by atoms with E-state index in [9.17, 15) is 9.18 Å². The van der Waals surface area contributed by atoms with E-state index >= 15 is 0 Å². The standard InChI is InChI=1S/C8H11FN2O/c1-8(7(11)12)4-2-3-5(9)6(8)10/h2-4,6H,10H2,1H3,(H2,11,12). The molecule has 0 aromatic rings. The summed E-state index contributed by atoms with van der Waals surface area (Å²) in [4.78, 5) is 10.9. The molecule has 1 aliphatic carbocycles. The highest BCUT2D eigenvalue weighted by Gasteiger charge is 2.39. The third-order valence-corrected chi connectivity index (χ3v) is 2.17. The van der Waals surface area contributed by atoms with Gasteiger partial charge in [0.05, 0.1) is 11.5 Å². The van der Waals surface area contributed by atoms with Crippen LogP contribution in [0, 0.1) is 5.41 Å². The summed E-state index contributed by atoms with van der Waals surface area (Å²) in [6.07, 6.45) is 4.20. The van der Waals surface area contributed by atoms with Gasteiger partial charge in [-0.1, -0.05) is 12.2 Å². The topological polar surface area (TPSA) is 69.1 Å². The number of nitrogens with two attached hydrogens (primary N) is 2. The van der Waals surface area contributed by atoms with Gasteiger partial charge in [0.1, 0.15) is 5.83 Å². The molecular weight excluding hydrogens is 159 g/mol. The summed E-state index contributed by atoms with van der Waals surface area (Å²) >= 11 is 0. The van der Waals surface area contributed by atoms with E-state index in [0.29, 0.717) is 0 Å². The summed E-state index contributed by atoms with van der Waals surface area (Å²) in [5.41, 5.74) is 9.45. The average Bonchev–Trinajstić information content (AvgIpc) is 2.00. The van der Waals surface area contributed by atoms with Crippen molar-refractivity contribution >= 4 is 5.91 Å². The quantitative estimate of drug-likeness (QED) is 0.591. The zero-order chi connectivity index (χ0) is 9.35. The van der Waals surface area contributed by atoms with Crippen molar-refractivity contribution in [3.8, 4) is 0 Å². The molecule has 3 nitrogen and oxygen atoms in total. The molecule has 0 radical (unpaired) electrons. The molecule has 1 aliphatic rings. The number of carbonyl (C=O) groups is 1. The molecule has 0 saturated carbocycles. The molecule has 0 aromatic heterocycles. The molecule has 1 rings (SSSR count). The summed E-state index contributed by atoms with van der Waals surface area (Å²) in [6, 6.07) is -0.958.